The monoisotopic (exact) mass is 415 g/mol. The van der Waals surface area contributed by atoms with E-state index in [2.05, 4.69) is 10.6 Å². The molecule has 2 N–H and O–H groups in total. The van der Waals surface area contributed by atoms with E-state index in [0.29, 0.717) is 19.6 Å². The SMILES string of the molecule is CCNC(=O)[C@@H](C)NC(=O)c1ccc(Cl)c(S(=O)(=O)N2CCCCCC2)c1. The van der Waals surface area contributed by atoms with Crippen molar-refractivity contribution in [3.05, 3.63) is 28.8 Å². The molecule has 0 bridgehead atoms. The summed E-state index contributed by atoms with van der Waals surface area (Å²) in [5, 5.41) is 5.26. The lowest BCUT2D eigenvalue weighted by Gasteiger charge is -2.21. The normalized spacial score (nSPS) is 17.0. The van der Waals surface area contributed by atoms with E-state index in [1.807, 2.05) is 0 Å². The van der Waals surface area contributed by atoms with Crippen LogP contribution in [0.5, 0.6) is 0 Å². The lowest BCUT2D eigenvalue weighted by Crippen LogP contribution is -2.44. The maximum absolute atomic E-state index is 13.0. The van der Waals surface area contributed by atoms with Crippen LogP contribution in [0, 0.1) is 0 Å². The van der Waals surface area contributed by atoms with Gasteiger partial charge < -0.3 is 10.6 Å². The van der Waals surface area contributed by atoms with E-state index in [1.54, 1.807) is 13.8 Å². The number of nitrogens with zero attached hydrogens (tertiary/aromatic N) is 1. The van der Waals surface area contributed by atoms with Crippen molar-refractivity contribution in [2.45, 2.75) is 50.5 Å². The first-order chi connectivity index (χ1) is 12.8. The number of rotatable bonds is 6. The molecular weight excluding hydrogens is 390 g/mol. The molecule has 7 nitrogen and oxygen atoms in total. The number of halogens is 1. The van der Waals surface area contributed by atoms with Crippen molar-refractivity contribution in [3.63, 3.8) is 0 Å². The van der Waals surface area contributed by atoms with Crippen LogP contribution in [-0.2, 0) is 14.8 Å². The second-order valence-electron chi connectivity index (χ2n) is 6.55. The fourth-order valence-corrected chi connectivity index (χ4v) is 4.95. The first-order valence-corrected chi connectivity index (χ1v) is 11.0. The summed E-state index contributed by atoms with van der Waals surface area (Å²) in [5.74, 6) is -0.838. The summed E-state index contributed by atoms with van der Waals surface area (Å²) in [6, 6.07) is 3.39. The Morgan fingerprint density at radius 1 is 1.19 bits per heavy atom. The maximum atomic E-state index is 13.0. The molecule has 1 fully saturated rings. The molecule has 1 saturated heterocycles. The molecule has 9 heteroatoms. The van der Waals surface area contributed by atoms with E-state index in [1.165, 1.54) is 22.5 Å². The minimum absolute atomic E-state index is 0.0765. The van der Waals surface area contributed by atoms with Gasteiger partial charge in [0.25, 0.3) is 5.91 Å². The van der Waals surface area contributed by atoms with Gasteiger partial charge in [-0.05, 0) is 44.9 Å². The first kappa shape index (κ1) is 21.7. The molecule has 1 aliphatic heterocycles. The molecule has 2 amide bonds. The van der Waals surface area contributed by atoms with Crippen LogP contribution in [0.3, 0.4) is 0 Å². The van der Waals surface area contributed by atoms with E-state index in [9.17, 15) is 18.0 Å². The summed E-state index contributed by atoms with van der Waals surface area (Å²) in [5.41, 5.74) is 0.143. The molecule has 0 aromatic heterocycles. The van der Waals surface area contributed by atoms with Gasteiger partial charge in [-0.3, -0.25) is 9.59 Å². The van der Waals surface area contributed by atoms with Gasteiger partial charge in [0.15, 0.2) is 0 Å². The maximum Gasteiger partial charge on any atom is 0.251 e. The predicted octanol–water partition coefficient (Wildman–Crippen LogP) is 2.16. The third-order valence-electron chi connectivity index (χ3n) is 4.47. The topological polar surface area (TPSA) is 95.6 Å². The van der Waals surface area contributed by atoms with E-state index in [0.717, 1.165) is 25.7 Å². The molecule has 2 rings (SSSR count). The quantitative estimate of drug-likeness (QED) is 0.744. The summed E-state index contributed by atoms with van der Waals surface area (Å²) in [4.78, 5) is 24.1. The highest BCUT2D eigenvalue weighted by atomic mass is 35.5. The molecule has 150 valence electrons. The zero-order valence-corrected chi connectivity index (χ0v) is 17.2. The highest BCUT2D eigenvalue weighted by Crippen LogP contribution is 2.27. The summed E-state index contributed by atoms with van der Waals surface area (Å²) < 4.78 is 27.4. The zero-order valence-electron chi connectivity index (χ0n) is 15.6. The molecule has 0 radical (unpaired) electrons. The van der Waals surface area contributed by atoms with Gasteiger partial charge in [0.05, 0.1) is 5.02 Å². The lowest BCUT2D eigenvalue weighted by atomic mass is 10.2. The summed E-state index contributed by atoms with van der Waals surface area (Å²) >= 11 is 6.14. The van der Waals surface area contributed by atoms with Gasteiger partial charge in [0.1, 0.15) is 10.9 Å². The third kappa shape index (κ3) is 5.43. The first-order valence-electron chi connectivity index (χ1n) is 9.15. The highest BCUT2D eigenvalue weighted by molar-refractivity contribution is 7.89. The number of nitrogens with one attached hydrogen (secondary N) is 2. The average Bonchev–Trinajstić information content (AvgIpc) is 2.92. The van der Waals surface area contributed by atoms with Gasteiger partial charge in [-0.25, -0.2) is 8.42 Å². The number of likely N-dealkylation sites (N-methyl/N-ethyl adjacent to an activating group) is 1. The Bertz CT molecular complexity index is 790. The average molecular weight is 416 g/mol. The predicted molar refractivity (Wildman–Crippen MR) is 104 cm³/mol. The van der Waals surface area contributed by atoms with Crippen LogP contribution in [0.1, 0.15) is 49.9 Å². The second kappa shape index (κ2) is 9.52. The molecule has 0 unspecified atom stereocenters. The van der Waals surface area contributed by atoms with Crippen LogP contribution in [0.4, 0.5) is 0 Å². The molecular formula is C18H26ClN3O4S. The van der Waals surface area contributed by atoms with Crippen molar-refractivity contribution in [2.75, 3.05) is 19.6 Å². The van der Waals surface area contributed by atoms with Crippen LogP contribution in [-0.4, -0.2) is 50.2 Å². The minimum Gasteiger partial charge on any atom is -0.355 e. The fourth-order valence-electron chi connectivity index (χ4n) is 2.94. The van der Waals surface area contributed by atoms with Gasteiger partial charge in [0, 0.05) is 25.2 Å². The van der Waals surface area contributed by atoms with E-state index in [4.69, 9.17) is 11.6 Å². The van der Waals surface area contributed by atoms with E-state index in [-0.39, 0.29) is 21.4 Å². The number of carbonyl (C=O) groups is 2. The van der Waals surface area contributed by atoms with Crippen LogP contribution >= 0.6 is 11.6 Å². The highest BCUT2D eigenvalue weighted by Gasteiger charge is 2.28. The van der Waals surface area contributed by atoms with Crippen molar-refractivity contribution in [1.29, 1.82) is 0 Å². The summed E-state index contributed by atoms with van der Waals surface area (Å²) in [6.07, 6.45) is 3.61. The molecule has 27 heavy (non-hydrogen) atoms. The zero-order chi connectivity index (χ0) is 20.0. The Labute approximate surface area is 165 Å². The Hall–Kier alpha value is -1.64. The number of carbonyl (C=O) groups excluding carboxylic acids is 2. The van der Waals surface area contributed by atoms with Crippen molar-refractivity contribution in [2.24, 2.45) is 0 Å². The summed E-state index contributed by atoms with van der Waals surface area (Å²) in [7, 11) is -3.78. The lowest BCUT2D eigenvalue weighted by molar-refractivity contribution is -0.122. The van der Waals surface area contributed by atoms with Gasteiger partial charge in [-0.15, -0.1) is 0 Å². The molecule has 1 aliphatic rings. The molecule has 0 spiro atoms. The number of hydrogen-bond acceptors (Lipinski definition) is 4. The molecule has 1 heterocycles. The van der Waals surface area contributed by atoms with E-state index >= 15 is 0 Å². The van der Waals surface area contributed by atoms with Gasteiger partial charge in [-0.2, -0.15) is 4.31 Å². The fraction of sp³-hybridized carbons (Fsp3) is 0.556. The van der Waals surface area contributed by atoms with E-state index < -0.39 is 22.0 Å². The standard InChI is InChI=1S/C18H26ClN3O4S/c1-3-20-17(23)13(2)21-18(24)14-8-9-15(19)16(12-14)27(25,26)22-10-6-4-5-7-11-22/h8-9,12-13H,3-7,10-11H2,1-2H3,(H,20,23)(H,21,24)/t13-/m1/s1. The number of amides is 2. The van der Waals surface area contributed by atoms with Gasteiger partial charge in [-0.1, -0.05) is 24.4 Å². The van der Waals surface area contributed by atoms with Crippen LogP contribution in [0.2, 0.25) is 5.02 Å². The van der Waals surface area contributed by atoms with Crippen LogP contribution < -0.4 is 10.6 Å². The van der Waals surface area contributed by atoms with Crippen molar-refractivity contribution in [1.82, 2.24) is 14.9 Å². The Balaban J connectivity index is 2.24. The minimum atomic E-state index is -3.78. The smallest absolute Gasteiger partial charge is 0.251 e. The van der Waals surface area contributed by atoms with Gasteiger partial charge >= 0.3 is 0 Å². The van der Waals surface area contributed by atoms with Crippen molar-refractivity contribution < 1.29 is 18.0 Å². The van der Waals surface area contributed by atoms with Crippen molar-refractivity contribution in [3.8, 4) is 0 Å². The number of sulfonamides is 1. The Morgan fingerprint density at radius 2 is 1.81 bits per heavy atom. The van der Waals surface area contributed by atoms with Crippen LogP contribution in [0.15, 0.2) is 23.1 Å². The van der Waals surface area contributed by atoms with Crippen LogP contribution in [0.25, 0.3) is 0 Å². The summed E-state index contributed by atoms with van der Waals surface area (Å²) in [6.45, 7) is 4.70. The second-order valence-corrected chi connectivity index (χ2v) is 8.87. The Morgan fingerprint density at radius 3 is 2.41 bits per heavy atom. The number of hydrogen-bond donors (Lipinski definition) is 2. The molecule has 1 aromatic rings. The largest absolute Gasteiger partial charge is 0.355 e. The Kier molecular flexibility index (Phi) is 7.64. The molecule has 0 saturated carbocycles. The number of benzene rings is 1. The molecule has 1 atom stereocenters. The molecule has 1 aromatic carbocycles. The van der Waals surface area contributed by atoms with Crippen molar-refractivity contribution >= 4 is 33.4 Å². The molecule has 0 aliphatic carbocycles. The third-order valence-corrected chi connectivity index (χ3v) is 6.85. The van der Waals surface area contributed by atoms with Gasteiger partial charge in [0.2, 0.25) is 15.9 Å².